The highest BCUT2D eigenvalue weighted by Gasteiger charge is 2.36. The molecular formula is C32H31N5O. The Labute approximate surface area is 223 Å². The minimum atomic E-state index is -0.286. The lowest BCUT2D eigenvalue weighted by molar-refractivity contribution is 0.194. The molecule has 0 spiro atoms. The van der Waals surface area contributed by atoms with Crippen LogP contribution < -0.4 is 5.32 Å². The third-order valence-corrected chi connectivity index (χ3v) is 7.29. The maximum atomic E-state index is 14.0. The Hall–Kier alpha value is -4.58. The van der Waals surface area contributed by atoms with E-state index in [0.717, 1.165) is 39.7 Å². The van der Waals surface area contributed by atoms with Gasteiger partial charge < -0.3 is 14.8 Å². The Morgan fingerprint density at radius 2 is 1.58 bits per heavy atom. The highest BCUT2D eigenvalue weighted by atomic mass is 16.2. The van der Waals surface area contributed by atoms with Gasteiger partial charge in [0.2, 0.25) is 0 Å². The number of urea groups is 1. The van der Waals surface area contributed by atoms with Gasteiger partial charge in [-0.15, -0.1) is 0 Å². The Balaban J connectivity index is 1.53. The zero-order chi connectivity index (χ0) is 26.2. The SMILES string of the molecule is Cc1nn(-c2ccccc2)c2c1CN(C(=O)Nc1ccccc1)[C@@H](c1ccc(C(C)C)cc1)c1cccn1-2. The number of nitrogens with zero attached hydrogens (tertiary/aromatic N) is 4. The summed E-state index contributed by atoms with van der Waals surface area (Å²) < 4.78 is 4.19. The highest BCUT2D eigenvalue weighted by Crippen LogP contribution is 2.39. The van der Waals surface area contributed by atoms with Gasteiger partial charge in [-0.2, -0.15) is 5.10 Å². The molecule has 0 unspecified atom stereocenters. The number of hydrogen-bond donors (Lipinski definition) is 1. The second-order valence-electron chi connectivity index (χ2n) is 10.1. The molecule has 1 N–H and O–H groups in total. The van der Waals surface area contributed by atoms with Gasteiger partial charge in [-0.25, -0.2) is 9.48 Å². The summed E-state index contributed by atoms with van der Waals surface area (Å²) in [5, 5.41) is 8.06. The first-order valence-electron chi connectivity index (χ1n) is 13.1. The number of benzene rings is 3. The number of rotatable bonds is 4. The summed E-state index contributed by atoms with van der Waals surface area (Å²) in [5.41, 5.74) is 7.03. The van der Waals surface area contributed by atoms with Crippen molar-refractivity contribution < 1.29 is 4.79 Å². The molecule has 1 aliphatic heterocycles. The number of anilines is 1. The van der Waals surface area contributed by atoms with Gasteiger partial charge in [0.05, 0.1) is 29.7 Å². The Morgan fingerprint density at radius 1 is 0.895 bits per heavy atom. The van der Waals surface area contributed by atoms with Gasteiger partial charge in [0.25, 0.3) is 0 Å². The second kappa shape index (κ2) is 9.71. The van der Waals surface area contributed by atoms with Crippen LogP contribution in [0.1, 0.15) is 53.9 Å². The first-order chi connectivity index (χ1) is 18.5. The molecule has 0 saturated carbocycles. The molecule has 2 amide bonds. The monoisotopic (exact) mass is 501 g/mol. The molecule has 3 aromatic carbocycles. The van der Waals surface area contributed by atoms with Gasteiger partial charge in [-0.3, -0.25) is 0 Å². The van der Waals surface area contributed by atoms with Crippen LogP contribution in [0.15, 0.2) is 103 Å². The van der Waals surface area contributed by atoms with Gasteiger partial charge in [0, 0.05) is 17.4 Å². The van der Waals surface area contributed by atoms with Crippen LogP contribution in [0.5, 0.6) is 0 Å². The van der Waals surface area contributed by atoms with E-state index >= 15 is 0 Å². The predicted molar refractivity (Wildman–Crippen MR) is 151 cm³/mol. The van der Waals surface area contributed by atoms with Crippen molar-refractivity contribution in [3.05, 3.63) is 131 Å². The van der Waals surface area contributed by atoms with Crippen LogP contribution in [0.2, 0.25) is 0 Å². The van der Waals surface area contributed by atoms with E-state index in [1.807, 2.05) is 71.1 Å². The largest absolute Gasteiger partial charge is 0.322 e. The number of para-hydroxylation sites is 2. The first-order valence-corrected chi connectivity index (χ1v) is 13.1. The van der Waals surface area contributed by atoms with Crippen molar-refractivity contribution in [2.75, 3.05) is 5.32 Å². The summed E-state index contributed by atoms with van der Waals surface area (Å²) in [4.78, 5) is 15.9. The molecule has 6 rings (SSSR count). The molecule has 3 heterocycles. The van der Waals surface area contributed by atoms with E-state index in [-0.39, 0.29) is 12.1 Å². The van der Waals surface area contributed by atoms with Crippen molar-refractivity contribution in [2.45, 2.75) is 39.3 Å². The minimum absolute atomic E-state index is 0.151. The normalized spacial score (nSPS) is 14.6. The van der Waals surface area contributed by atoms with E-state index in [4.69, 9.17) is 5.10 Å². The Kier molecular flexibility index (Phi) is 6.08. The summed E-state index contributed by atoms with van der Waals surface area (Å²) in [6.45, 7) is 6.83. The molecule has 6 nitrogen and oxygen atoms in total. The summed E-state index contributed by atoms with van der Waals surface area (Å²) in [7, 11) is 0. The lowest BCUT2D eigenvalue weighted by atomic mass is 9.97. The zero-order valence-corrected chi connectivity index (χ0v) is 21.9. The van der Waals surface area contributed by atoms with E-state index in [1.165, 1.54) is 5.56 Å². The van der Waals surface area contributed by atoms with Gasteiger partial charge in [0.1, 0.15) is 5.82 Å². The van der Waals surface area contributed by atoms with E-state index < -0.39 is 0 Å². The van der Waals surface area contributed by atoms with Crippen molar-refractivity contribution >= 4 is 11.7 Å². The van der Waals surface area contributed by atoms with Crippen LogP contribution in [-0.2, 0) is 6.54 Å². The first kappa shape index (κ1) is 23.8. The van der Waals surface area contributed by atoms with E-state index in [0.29, 0.717) is 12.5 Å². The lowest BCUT2D eigenvalue weighted by Crippen LogP contribution is -2.38. The standard InChI is InChI=1S/C32H31N5O/c1-22(2)24-16-18-25(19-17-24)30-29-15-10-20-35(29)31-28(23(3)34-37(31)27-13-8-5-9-14-27)21-36(30)32(38)33-26-11-6-4-7-12-26/h4-20,22,30H,21H2,1-3H3,(H,33,38)/t30-/m0/s1. The fourth-order valence-corrected chi connectivity index (χ4v) is 5.28. The van der Waals surface area contributed by atoms with Crippen molar-refractivity contribution in [1.29, 1.82) is 0 Å². The second-order valence-corrected chi connectivity index (χ2v) is 10.1. The third kappa shape index (κ3) is 4.18. The maximum Gasteiger partial charge on any atom is 0.322 e. The van der Waals surface area contributed by atoms with Crippen LogP contribution in [0, 0.1) is 6.92 Å². The summed E-state index contributed by atoms with van der Waals surface area (Å²) in [6, 6.07) is 32.2. The fourth-order valence-electron chi connectivity index (χ4n) is 5.28. The van der Waals surface area contributed by atoms with E-state index in [9.17, 15) is 4.79 Å². The molecule has 1 atom stereocenters. The minimum Gasteiger partial charge on any atom is -0.308 e. The number of fused-ring (bicyclic) bond motifs is 3. The molecule has 38 heavy (non-hydrogen) atoms. The highest BCUT2D eigenvalue weighted by molar-refractivity contribution is 5.90. The van der Waals surface area contributed by atoms with Crippen LogP contribution >= 0.6 is 0 Å². The van der Waals surface area contributed by atoms with Crippen molar-refractivity contribution in [1.82, 2.24) is 19.2 Å². The number of aromatic nitrogens is 3. The van der Waals surface area contributed by atoms with Crippen molar-refractivity contribution in [3.63, 3.8) is 0 Å². The van der Waals surface area contributed by atoms with E-state index in [1.54, 1.807) is 0 Å². The number of carbonyl (C=O) groups is 1. The molecular weight excluding hydrogens is 470 g/mol. The van der Waals surface area contributed by atoms with Gasteiger partial charge in [-0.05, 0) is 60.4 Å². The van der Waals surface area contributed by atoms with Crippen molar-refractivity contribution in [2.24, 2.45) is 0 Å². The Bertz CT molecular complexity index is 1570. The molecule has 0 saturated heterocycles. The van der Waals surface area contributed by atoms with Crippen LogP contribution in [0.3, 0.4) is 0 Å². The summed E-state index contributed by atoms with van der Waals surface area (Å²) >= 11 is 0. The molecule has 5 aromatic rings. The third-order valence-electron chi connectivity index (χ3n) is 7.29. The van der Waals surface area contributed by atoms with Gasteiger partial charge >= 0.3 is 6.03 Å². The molecule has 0 bridgehead atoms. The molecule has 190 valence electrons. The van der Waals surface area contributed by atoms with E-state index in [2.05, 4.69) is 72.4 Å². The van der Waals surface area contributed by atoms with Crippen LogP contribution in [-0.4, -0.2) is 25.3 Å². The zero-order valence-electron chi connectivity index (χ0n) is 21.9. The number of aryl methyl sites for hydroxylation is 1. The number of amides is 2. The quantitative estimate of drug-likeness (QED) is 0.282. The molecule has 0 aliphatic carbocycles. The fraction of sp³-hybridized carbons (Fsp3) is 0.188. The maximum absolute atomic E-state index is 14.0. The van der Waals surface area contributed by atoms with Crippen LogP contribution in [0.4, 0.5) is 10.5 Å². The average molecular weight is 502 g/mol. The number of nitrogens with one attached hydrogen (secondary N) is 1. The predicted octanol–water partition coefficient (Wildman–Crippen LogP) is 7.23. The molecule has 2 aromatic heterocycles. The molecule has 0 radical (unpaired) electrons. The average Bonchev–Trinajstić information content (AvgIpc) is 3.50. The van der Waals surface area contributed by atoms with Gasteiger partial charge in [0.15, 0.2) is 0 Å². The number of carbonyl (C=O) groups excluding carboxylic acids is 1. The topological polar surface area (TPSA) is 55.1 Å². The summed E-state index contributed by atoms with van der Waals surface area (Å²) in [5.74, 6) is 1.40. The smallest absolute Gasteiger partial charge is 0.308 e. The van der Waals surface area contributed by atoms with Gasteiger partial charge in [-0.1, -0.05) is 74.5 Å². The lowest BCUT2D eigenvalue weighted by Gasteiger charge is -2.31. The summed E-state index contributed by atoms with van der Waals surface area (Å²) in [6.07, 6.45) is 2.07. The van der Waals surface area contributed by atoms with Crippen molar-refractivity contribution in [3.8, 4) is 11.5 Å². The number of hydrogen-bond acceptors (Lipinski definition) is 2. The molecule has 0 fully saturated rings. The molecule has 6 heteroatoms. The molecule has 1 aliphatic rings. The Morgan fingerprint density at radius 3 is 2.26 bits per heavy atom. The van der Waals surface area contributed by atoms with Crippen LogP contribution in [0.25, 0.3) is 11.5 Å².